The van der Waals surface area contributed by atoms with E-state index in [1.165, 1.54) is 12.1 Å². The Morgan fingerprint density at radius 1 is 1.55 bits per heavy atom. The summed E-state index contributed by atoms with van der Waals surface area (Å²) < 4.78 is 13.0. The number of hydrogen-bond donors (Lipinski definition) is 1. The molecule has 0 unspecified atom stereocenters. The predicted molar refractivity (Wildman–Crippen MR) is 45.3 cm³/mol. The van der Waals surface area contributed by atoms with Gasteiger partial charge < -0.3 is 5.11 Å². The summed E-state index contributed by atoms with van der Waals surface area (Å²) in [7, 11) is 0. The summed E-state index contributed by atoms with van der Waals surface area (Å²) in [4.78, 5) is 0. The summed E-state index contributed by atoms with van der Waals surface area (Å²) >= 11 is 8.30. The number of alkyl halides is 1. The average Bonchev–Trinajstić information content (AvgIpc) is 2.01. The second kappa shape index (κ2) is 3.41. The standard InChI is InChI=1S/C7H5BrClFO/c8-6-5(11)2-1-4(3-9)7(6)10/h1-2,11H,3H2. The lowest BCUT2D eigenvalue weighted by molar-refractivity contribution is 0.463. The molecule has 0 saturated carbocycles. The third-order valence-corrected chi connectivity index (χ3v) is 2.33. The number of benzene rings is 1. The number of rotatable bonds is 1. The average molecular weight is 239 g/mol. The molecular formula is C7H5BrClFO. The van der Waals surface area contributed by atoms with Gasteiger partial charge in [-0.3, -0.25) is 0 Å². The zero-order chi connectivity index (χ0) is 8.43. The molecule has 0 radical (unpaired) electrons. The van der Waals surface area contributed by atoms with Gasteiger partial charge >= 0.3 is 0 Å². The summed E-state index contributed by atoms with van der Waals surface area (Å²) in [6, 6.07) is 2.84. The van der Waals surface area contributed by atoms with Crippen molar-refractivity contribution in [3.05, 3.63) is 28.0 Å². The minimum atomic E-state index is -0.500. The molecule has 0 aliphatic carbocycles. The zero-order valence-electron chi connectivity index (χ0n) is 5.44. The van der Waals surface area contributed by atoms with Crippen LogP contribution in [0.3, 0.4) is 0 Å². The summed E-state index contributed by atoms with van der Waals surface area (Å²) in [6.07, 6.45) is 0. The number of aromatic hydroxyl groups is 1. The van der Waals surface area contributed by atoms with Gasteiger partial charge in [-0.05, 0) is 22.0 Å². The van der Waals surface area contributed by atoms with E-state index in [0.717, 1.165) is 0 Å². The van der Waals surface area contributed by atoms with Crippen molar-refractivity contribution in [3.8, 4) is 5.75 Å². The normalized spacial score (nSPS) is 10.1. The van der Waals surface area contributed by atoms with Gasteiger partial charge in [0.1, 0.15) is 11.6 Å². The van der Waals surface area contributed by atoms with Gasteiger partial charge in [0, 0.05) is 5.56 Å². The largest absolute Gasteiger partial charge is 0.507 e. The molecule has 0 fully saturated rings. The van der Waals surface area contributed by atoms with Gasteiger partial charge in [0.2, 0.25) is 0 Å². The van der Waals surface area contributed by atoms with Crippen LogP contribution in [0.5, 0.6) is 5.75 Å². The number of phenols is 1. The highest BCUT2D eigenvalue weighted by atomic mass is 79.9. The van der Waals surface area contributed by atoms with E-state index in [4.69, 9.17) is 16.7 Å². The molecule has 1 aromatic carbocycles. The van der Waals surface area contributed by atoms with Gasteiger partial charge in [0.05, 0.1) is 10.4 Å². The first-order valence-electron chi connectivity index (χ1n) is 2.88. The Kier molecular flexibility index (Phi) is 2.73. The highest BCUT2D eigenvalue weighted by molar-refractivity contribution is 9.10. The molecule has 1 N–H and O–H groups in total. The smallest absolute Gasteiger partial charge is 0.145 e. The first-order valence-corrected chi connectivity index (χ1v) is 4.21. The van der Waals surface area contributed by atoms with Crippen LogP contribution >= 0.6 is 27.5 Å². The Morgan fingerprint density at radius 2 is 2.18 bits per heavy atom. The lowest BCUT2D eigenvalue weighted by Crippen LogP contribution is -1.86. The van der Waals surface area contributed by atoms with E-state index in [0.29, 0.717) is 5.56 Å². The Hall–Kier alpha value is -0.280. The molecule has 1 aromatic rings. The second-order valence-electron chi connectivity index (χ2n) is 2.01. The lowest BCUT2D eigenvalue weighted by atomic mass is 10.2. The molecule has 0 heterocycles. The Bertz CT molecular complexity index is 277. The molecule has 4 heteroatoms. The minimum Gasteiger partial charge on any atom is -0.507 e. The van der Waals surface area contributed by atoms with Crippen LogP contribution in [0.25, 0.3) is 0 Å². The van der Waals surface area contributed by atoms with E-state index in [1.807, 2.05) is 0 Å². The van der Waals surface area contributed by atoms with Crippen LogP contribution in [0.2, 0.25) is 0 Å². The summed E-state index contributed by atoms with van der Waals surface area (Å²) in [5.74, 6) is -0.513. The molecule has 0 atom stereocenters. The van der Waals surface area contributed by atoms with Crippen molar-refractivity contribution in [2.24, 2.45) is 0 Å². The van der Waals surface area contributed by atoms with Crippen LogP contribution in [-0.4, -0.2) is 5.11 Å². The Labute approximate surface area is 76.9 Å². The third kappa shape index (κ3) is 1.65. The predicted octanol–water partition coefficient (Wildman–Crippen LogP) is 3.03. The zero-order valence-corrected chi connectivity index (χ0v) is 7.78. The van der Waals surface area contributed by atoms with E-state index in [-0.39, 0.29) is 16.1 Å². The Balaban J connectivity index is 3.25. The van der Waals surface area contributed by atoms with Crippen molar-refractivity contribution in [1.29, 1.82) is 0 Å². The quantitative estimate of drug-likeness (QED) is 0.747. The molecule has 11 heavy (non-hydrogen) atoms. The van der Waals surface area contributed by atoms with E-state index in [2.05, 4.69) is 15.9 Å². The van der Waals surface area contributed by atoms with Crippen molar-refractivity contribution in [1.82, 2.24) is 0 Å². The summed E-state index contributed by atoms with van der Waals surface area (Å²) in [6.45, 7) is 0. The number of phenolic OH excluding ortho intramolecular Hbond substituents is 1. The maximum absolute atomic E-state index is 13.0. The van der Waals surface area contributed by atoms with Crippen LogP contribution < -0.4 is 0 Å². The molecule has 0 amide bonds. The maximum Gasteiger partial charge on any atom is 0.145 e. The molecule has 0 aromatic heterocycles. The van der Waals surface area contributed by atoms with Crippen LogP contribution in [0.1, 0.15) is 5.56 Å². The fourth-order valence-corrected chi connectivity index (χ4v) is 1.28. The van der Waals surface area contributed by atoms with Crippen LogP contribution in [0, 0.1) is 5.82 Å². The highest BCUT2D eigenvalue weighted by Gasteiger charge is 2.08. The second-order valence-corrected chi connectivity index (χ2v) is 3.07. The van der Waals surface area contributed by atoms with Crippen molar-refractivity contribution in [3.63, 3.8) is 0 Å². The third-order valence-electron chi connectivity index (χ3n) is 1.29. The van der Waals surface area contributed by atoms with Gasteiger partial charge in [-0.25, -0.2) is 4.39 Å². The molecule has 0 aliphatic rings. The SMILES string of the molecule is Oc1ccc(CCl)c(F)c1Br. The monoisotopic (exact) mass is 238 g/mol. The first-order chi connectivity index (χ1) is 5.16. The van der Waals surface area contributed by atoms with Crippen molar-refractivity contribution >= 4 is 27.5 Å². The summed E-state index contributed by atoms with van der Waals surface area (Å²) in [5.41, 5.74) is 0.372. The van der Waals surface area contributed by atoms with Crippen molar-refractivity contribution in [2.75, 3.05) is 0 Å². The van der Waals surface area contributed by atoms with E-state index < -0.39 is 5.82 Å². The highest BCUT2D eigenvalue weighted by Crippen LogP contribution is 2.29. The number of halogens is 3. The molecule has 0 spiro atoms. The lowest BCUT2D eigenvalue weighted by Gasteiger charge is -2.01. The summed E-state index contributed by atoms with van der Waals surface area (Å²) in [5, 5.41) is 8.99. The fraction of sp³-hybridized carbons (Fsp3) is 0.143. The van der Waals surface area contributed by atoms with Crippen LogP contribution in [0.15, 0.2) is 16.6 Å². The van der Waals surface area contributed by atoms with Gasteiger partial charge in [0.15, 0.2) is 0 Å². The molecule has 0 saturated heterocycles. The molecule has 0 bridgehead atoms. The maximum atomic E-state index is 13.0. The van der Waals surface area contributed by atoms with Crippen molar-refractivity contribution in [2.45, 2.75) is 5.88 Å². The molecular weight excluding hydrogens is 234 g/mol. The van der Waals surface area contributed by atoms with E-state index in [1.54, 1.807) is 0 Å². The van der Waals surface area contributed by atoms with Gasteiger partial charge in [0.25, 0.3) is 0 Å². The van der Waals surface area contributed by atoms with E-state index >= 15 is 0 Å². The van der Waals surface area contributed by atoms with Gasteiger partial charge in [-0.1, -0.05) is 6.07 Å². The minimum absolute atomic E-state index is 0.0654. The van der Waals surface area contributed by atoms with Crippen molar-refractivity contribution < 1.29 is 9.50 Å². The first kappa shape index (κ1) is 8.81. The molecule has 1 rings (SSSR count). The van der Waals surface area contributed by atoms with Gasteiger partial charge in [-0.2, -0.15) is 0 Å². The molecule has 1 nitrogen and oxygen atoms in total. The molecule has 60 valence electrons. The Morgan fingerprint density at radius 3 is 2.73 bits per heavy atom. The van der Waals surface area contributed by atoms with E-state index in [9.17, 15) is 4.39 Å². The van der Waals surface area contributed by atoms with Gasteiger partial charge in [-0.15, -0.1) is 11.6 Å². The fourth-order valence-electron chi connectivity index (χ4n) is 0.682. The topological polar surface area (TPSA) is 20.2 Å². The number of hydrogen-bond acceptors (Lipinski definition) is 1. The van der Waals surface area contributed by atoms with Crippen LogP contribution in [0.4, 0.5) is 4.39 Å². The molecule has 0 aliphatic heterocycles. The van der Waals surface area contributed by atoms with Crippen LogP contribution in [-0.2, 0) is 5.88 Å².